The second-order valence-corrected chi connectivity index (χ2v) is 8.60. The third-order valence-electron chi connectivity index (χ3n) is 7.70. The summed E-state index contributed by atoms with van der Waals surface area (Å²) in [6.45, 7) is 2.24. The van der Waals surface area contributed by atoms with Gasteiger partial charge >= 0.3 is 0 Å². The molecule has 3 fully saturated rings. The highest BCUT2D eigenvalue weighted by Crippen LogP contribution is 2.67. The van der Waals surface area contributed by atoms with Crippen LogP contribution >= 0.6 is 0 Å². The van der Waals surface area contributed by atoms with E-state index in [2.05, 4.69) is 23.0 Å². The van der Waals surface area contributed by atoms with Crippen molar-refractivity contribution in [3.63, 3.8) is 0 Å². The molecule has 0 unspecified atom stereocenters. The van der Waals surface area contributed by atoms with Gasteiger partial charge in [-0.05, 0) is 79.4 Å². The molecule has 0 amide bonds. The number of hydrogen-bond donors (Lipinski definition) is 1. The van der Waals surface area contributed by atoms with Gasteiger partial charge in [-0.15, -0.1) is 0 Å². The highest BCUT2D eigenvalue weighted by molar-refractivity contribution is 5.47. The van der Waals surface area contributed by atoms with Crippen LogP contribution in [-0.2, 0) is 4.74 Å². The Labute approximate surface area is 143 Å². The molecule has 7 atom stereocenters. The van der Waals surface area contributed by atoms with E-state index in [-0.39, 0.29) is 23.2 Å². The Morgan fingerprint density at radius 2 is 2.29 bits per heavy atom. The fraction of sp³-hybridized carbons (Fsp3) is 0.789. The van der Waals surface area contributed by atoms with Crippen molar-refractivity contribution in [2.75, 3.05) is 0 Å². The minimum atomic E-state index is -0.493. The van der Waals surface area contributed by atoms with Crippen LogP contribution in [0.2, 0.25) is 0 Å². The van der Waals surface area contributed by atoms with Gasteiger partial charge in [-0.1, -0.05) is 24.2 Å². The van der Waals surface area contributed by atoms with E-state index in [0.29, 0.717) is 12.3 Å². The van der Waals surface area contributed by atoms with E-state index in [0.717, 1.165) is 44.1 Å². The van der Waals surface area contributed by atoms with Gasteiger partial charge in [0, 0.05) is 12.3 Å². The third kappa shape index (κ3) is 1.66. The van der Waals surface area contributed by atoms with Crippen molar-refractivity contribution >= 4 is 0 Å². The summed E-state index contributed by atoms with van der Waals surface area (Å²) in [6.07, 6.45) is 9.90. The van der Waals surface area contributed by atoms with Crippen molar-refractivity contribution < 1.29 is 11.2 Å². The first-order valence-corrected chi connectivity index (χ1v) is 9.22. The molecule has 0 aromatic heterocycles. The van der Waals surface area contributed by atoms with E-state index < -0.39 is 12.0 Å². The molecular weight excluding hydrogens is 302 g/mol. The SMILES string of the molecule is [3H][C@@H]1C=C2C=C3CC[C@@]4(C)[C@@H](CC[C@@H]4O)[C@@]34CC[C@]2(C[C@@H]1N=[N+]=[N-])O4. The molecule has 5 rings (SSSR count). The molecule has 2 aliphatic heterocycles. The van der Waals surface area contributed by atoms with Crippen LogP contribution in [0.3, 0.4) is 0 Å². The first-order valence-electron chi connectivity index (χ1n) is 9.79. The van der Waals surface area contributed by atoms with E-state index >= 15 is 0 Å². The Kier molecular flexibility index (Phi) is 2.71. The molecule has 0 aromatic rings. The van der Waals surface area contributed by atoms with E-state index in [1.54, 1.807) is 0 Å². The van der Waals surface area contributed by atoms with E-state index in [1.165, 1.54) is 5.57 Å². The van der Waals surface area contributed by atoms with Gasteiger partial charge in [-0.25, -0.2) is 0 Å². The number of aliphatic hydroxyl groups is 1. The monoisotopic (exact) mass is 329 g/mol. The van der Waals surface area contributed by atoms with Crippen molar-refractivity contribution in [1.29, 1.82) is 0 Å². The lowest BCUT2D eigenvalue weighted by Gasteiger charge is -2.54. The van der Waals surface area contributed by atoms with Crippen LogP contribution in [0.1, 0.15) is 59.6 Å². The molecule has 128 valence electrons. The van der Waals surface area contributed by atoms with Crippen LogP contribution in [0, 0.1) is 11.3 Å². The quantitative estimate of drug-likeness (QED) is 0.445. The predicted molar refractivity (Wildman–Crippen MR) is 90.2 cm³/mol. The van der Waals surface area contributed by atoms with Gasteiger partial charge in [-0.2, -0.15) is 0 Å². The average molecular weight is 329 g/mol. The van der Waals surface area contributed by atoms with Gasteiger partial charge < -0.3 is 9.84 Å². The standard InChI is InChI=1S/C19H25N3O2/c1-17-7-6-13-10-12-2-3-14(21-22-20)11-18(12)8-9-19(13,24-18)15(17)4-5-16(17)23/h2,10,14-16,23H,3-9,11H2,1H3/t14-,15-,16+,17+,18-,19-/m1/s1/i3T/t3-,14-,15-,16+,17+,18-,19-. The van der Waals surface area contributed by atoms with Crippen LogP contribution in [-0.4, -0.2) is 28.5 Å². The van der Waals surface area contributed by atoms with E-state index in [4.69, 9.17) is 11.6 Å². The summed E-state index contributed by atoms with van der Waals surface area (Å²) in [5, 5.41) is 14.5. The zero-order chi connectivity index (χ0) is 17.4. The Bertz CT molecular complexity index is 745. The first-order chi connectivity index (χ1) is 11.9. The lowest BCUT2D eigenvalue weighted by atomic mass is 9.58. The fourth-order valence-corrected chi connectivity index (χ4v) is 6.42. The number of fused-ring (bicyclic) bond motifs is 1. The van der Waals surface area contributed by atoms with E-state index in [9.17, 15) is 5.11 Å². The molecule has 1 saturated heterocycles. The Balaban J connectivity index is 1.61. The Hall–Kier alpha value is -1.29. The molecule has 0 radical (unpaired) electrons. The van der Waals surface area contributed by atoms with Crippen molar-refractivity contribution in [2.45, 2.75) is 81.6 Å². The number of nitrogens with zero attached hydrogens (tertiary/aromatic N) is 3. The number of aliphatic hydroxyl groups excluding tert-OH is 1. The summed E-state index contributed by atoms with van der Waals surface area (Å²) in [4.78, 5) is 2.95. The Morgan fingerprint density at radius 1 is 1.42 bits per heavy atom. The summed E-state index contributed by atoms with van der Waals surface area (Å²) >= 11 is 0. The van der Waals surface area contributed by atoms with Crippen LogP contribution in [0.4, 0.5) is 0 Å². The van der Waals surface area contributed by atoms with Gasteiger partial charge in [0.15, 0.2) is 0 Å². The first kappa shape index (κ1) is 13.9. The van der Waals surface area contributed by atoms with Crippen LogP contribution in [0.5, 0.6) is 0 Å². The average Bonchev–Trinajstić information content (AvgIpc) is 3.06. The molecule has 24 heavy (non-hydrogen) atoms. The van der Waals surface area contributed by atoms with Gasteiger partial charge in [-0.3, -0.25) is 0 Å². The van der Waals surface area contributed by atoms with Crippen molar-refractivity contribution in [3.05, 3.63) is 33.7 Å². The minimum absolute atomic E-state index is 0.0546. The molecule has 2 bridgehead atoms. The maximum Gasteiger partial charge on any atom is 0.0945 e. The summed E-state index contributed by atoms with van der Waals surface area (Å²) in [5.74, 6) is 0.363. The Morgan fingerprint density at radius 3 is 3.12 bits per heavy atom. The molecular formula is C19H25N3O2. The summed E-state index contributed by atoms with van der Waals surface area (Å²) in [6, 6.07) is -0.358. The molecule has 5 nitrogen and oxygen atoms in total. The molecule has 2 spiro atoms. The molecule has 0 aromatic carbocycles. The van der Waals surface area contributed by atoms with Gasteiger partial charge in [0.25, 0.3) is 0 Å². The maximum atomic E-state index is 10.6. The third-order valence-corrected chi connectivity index (χ3v) is 7.70. The largest absolute Gasteiger partial charge is 0.393 e. The van der Waals surface area contributed by atoms with Crippen molar-refractivity contribution in [1.82, 2.24) is 0 Å². The molecule has 2 saturated carbocycles. The topological polar surface area (TPSA) is 78.2 Å². The van der Waals surface area contributed by atoms with Crippen molar-refractivity contribution in [3.8, 4) is 0 Å². The zero-order valence-electron chi connectivity index (χ0n) is 15.1. The highest BCUT2D eigenvalue weighted by Gasteiger charge is 2.66. The molecule has 2 heterocycles. The maximum absolute atomic E-state index is 10.6. The number of azide groups is 1. The summed E-state index contributed by atoms with van der Waals surface area (Å²) < 4.78 is 15.2. The van der Waals surface area contributed by atoms with Crippen molar-refractivity contribution in [2.24, 2.45) is 16.4 Å². The molecule has 1 N–H and O–H groups in total. The van der Waals surface area contributed by atoms with Gasteiger partial charge in [0.2, 0.25) is 0 Å². The second kappa shape index (κ2) is 4.66. The normalized spacial score (nSPS) is 55.3. The zero-order valence-corrected chi connectivity index (χ0v) is 14.1. The van der Waals surface area contributed by atoms with Gasteiger partial charge in [0.1, 0.15) is 0 Å². The molecule has 3 aliphatic carbocycles. The van der Waals surface area contributed by atoms with Crippen LogP contribution in [0.15, 0.2) is 28.4 Å². The van der Waals surface area contributed by atoms with Crippen LogP contribution < -0.4 is 0 Å². The highest BCUT2D eigenvalue weighted by atomic mass is 16.5. The minimum Gasteiger partial charge on any atom is -0.393 e. The predicted octanol–water partition coefficient (Wildman–Crippen LogP) is 4.18. The summed E-state index contributed by atoms with van der Waals surface area (Å²) in [5.41, 5.74) is 10.6. The molecule has 5 heteroatoms. The molecule has 5 aliphatic rings. The van der Waals surface area contributed by atoms with E-state index in [1.807, 2.05) is 6.08 Å². The van der Waals surface area contributed by atoms with Gasteiger partial charge in [0.05, 0.1) is 17.3 Å². The number of rotatable bonds is 1. The van der Waals surface area contributed by atoms with Crippen LogP contribution in [0.25, 0.3) is 10.4 Å². The smallest absolute Gasteiger partial charge is 0.0945 e. The number of hydrogen-bond acceptors (Lipinski definition) is 3. The number of ether oxygens (including phenoxy) is 1. The fourth-order valence-electron chi connectivity index (χ4n) is 6.42. The summed E-state index contributed by atoms with van der Waals surface area (Å²) in [7, 11) is 0. The second-order valence-electron chi connectivity index (χ2n) is 8.60. The lowest BCUT2D eigenvalue weighted by Crippen LogP contribution is -2.55. The lowest BCUT2D eigenvalue weighted by molar-refractivity contribution is -0.150.